The van der Waals surface area contributed by atoms with Crippen molar-refractivity contribution in [1.29, 1.82) is 0 Å². The topological polar surface area (TPSA) is 71.0 Å². The lowest BCUT2D eigenvalue weighted by Crippen LogP contribution is -2.29. The van der Waals surface area contributed by atoms with Gasteiger partial charge in [0.05, 0.1) is 19.8 Å². The lowest BCUT2D eigenvalue weighted by molar-refractivity contribution is 0.0644. The van der Waals surface area contributed by atoms with Crippen molar-refractivity contribution in [2.75, 3.05) is 27.4 Å². The number of hydrogen-bond donors (Lipinski definition) is 3. The molecule has 0 heterocycles. The van der Waals surface area contributed by atoms with Crippen molar-refractivity contribution in [3.05, 3.63) is 22.7 Å². The van der Waals surface area contributed by atoms with Crippen LogP contribution in [-0.4, -0.2) is 43.7 Å². The van der Waals surface area contributed by atoms with Crippen molar-refractivity contribution in [3.8, 4) is 11.5 Å². The second kappa shape index (κ2) is 7.43. The number of phenols is 1. The molecule has 1 aromatic rings. The molecule has 0 radical (unpaired) electrons. The summed E-state index contributed by atoms with van der Waals surface area (Å²) in [6.07, 6.45) is -0.585. The van der Waals surface area contributed by atoms with Crippen LogP contribution >= 0.6 is 11.6 Å². The Balaban J connectivity index is 2.59. The number of aliphatic hydroxyl groups is 1. The van der Waals surface area contributed by atoms with Crippen molar-refractivity contribution < 1.29 is 19.7 Å². The lowest BCUT2D eigenvalue weighted by Gasteiger charge is -2.13. The van der Waals surface area contributed by atoms with Crippen molar-refractivity contribution >= 4 is 11.6 Å². The Bertz CT molecular complexity index is 387. The van der Waals surface area contributed by atoms with Crippen molar-refractivity contribution in [2.24, 2.45) is 0 Å². The first-order valence-electron chi connectivity index (χ1n) is 5.51. The Hall–Kier alpha value is -1.01. The summed E-state index contributed by atoms with van der Waals surface area (Å²) in [6, 6.07) is 3.19. The van der Waals surface area contributed by atoms with Gasteiger partial charge in [0.15, 0.2) is 11.5 Å². The highest BCUT2D eigenvalue weighted by atomic mass is 35.5. The molecule has 0 saturated carbocycles. The monoisotopic (exact) mass is 275 g/mol. The standard InChI is InChI=1S/C12H18ClNO4/c1-17-7-10(15)6-14-5-8-3-9(13)4-11(18-2)12(8)16/h3-4,10,14-16H,5-7H2,1-2H3. The second-order valence-electron chi connectivity index (χ2n) is 3.86. The van der Waals surface area contributed by atoms with Gasteiger partial charge in [0.25, 0.3) is 0 Å². The molecule has 0 saturated heterocycles. The van der Waals surface area contributed by atoms with Crippen LogP contribution in [0, 0.1) is 0 Å². The molecule has 0 amide bonds. The first-order valence-corrected chi connectivity index (χ1v) is 5.89. The fourth-order valence-corrected chi connectivity index (χ4v) is 1.77. The summed E-state index contributed by atoms with van der Waals surface area (Å²) in [5, 5.41) is 22.8. The molecule has 0 aliphatic carbocycles. The molecule has 0 aliphatic heterocycles. The molecule has 5 nitrogen and oxygen atoms in total. The molecule has 102 valence electrons. The van der Waals surface area contributed by atoms with Crippen molar-refractivity contribution in [1.82, 2.24) is 5.32 Å². The van der Waals surface area contributed by atoms with Gasteiger partial charge in [0, 0.05) is 36.9 Å². The number of phenolic OH excluding ortho intramolecular Hbond substituents is 1. The van der Waals surface area contributed by atoms with E-state index in [-0.39, 0.29) is 12.4 Å². The molecular weight excluding hydrogens is 258 g/mol. The molecule has 18 heavy (non-hydrogen) atoms. The molecular formula is C12H18ClNO4. The number of methoxy groups -OCH3 is 2. The maximum atomic E-state index is 9.87. The van der Waals surface area contributed by atoms with Crippen LogP contribution in [0.1, 0.15) is 5.56 Å². The van der Waals surface area contributed by atoms with Gasteiger partial charge in [0.1, 0.15) is 0 Å². The number of ether oxygens (including phenoxy) is 2. The minimum Gasteiger partial charge on any atom is -0.504 e. The molecule has 0 spiro atoms. The van der Waals surface area contributed by atoms with Crippen LogP contribution in [0.3, 0.4) is 0 Å². The Labute approximate surface area is 111 Å². The van der Waals surface area contributed by atoms with E-state index in [4.69, 9.17) is 21.1 Å². The van der Waals surface area contributed by atoms with E-state index in [2.05, 4.69) is 5.32 Å². The third-order valence-electron chi connectivity index (χ3n) is 2.39. The summed E-state index contributed by atoms with van der Waals surface area (Å²) >= 11 is 5.90. The minimum absolute atomic E-state index is 0.0515. The molecule has 0 aliphatic rings. The summed E-state index contributed by atoms with van der Waals surface area (Å²) < 4.78 is 9.81. The molecule has 1 unspecified atom stereocenters. The average Bonchev–Trinajstić information content (AvgIpc) is 2.33. The van der Waals surface area contributed by atoms with Crippen LogP contribution in [0.25, 0.3) is 0 Å². The zero-order valence-electron chi connectivity index (χ0n) is 10.4. The van der Waals surface area contributed by atoms with E-state index >= 15 is 0 Å². The molecule has 0 bridgehead atoms. The predicted molar refractivity (Wildman–Crippen MR) is 69.3 cm³/mol. The zero-order chi connectivity index (χ0) is 13.5. The van der Waals surface area contributed by atoms with Crippen LogP contribution in [0.15, 0.2) is 12.1 Å². The highest BCUT2D eigenvalue weighted by Crippen LogP contribution is 2.33. The van der Waals surface area contributed by atoms with E-state index in [0.29, 0.717) is 29.4 Å². The van der Waals surface area contributed by atoms with Crippen LogP contribution in [0.4, 0.5) is 0 Å². The normalized spacial score (nSPS) is 12.4. The quantitative estimate of drug-likeness (QED) is 0.696. The molecule has 0 aromatic heterocycles. The largest absolute Gasteiger partial charge is 0.504 e. The fourth-order valence-electron chi connectivity index (χ4n) is 1.54. The summed E-state index contributed by atoms with van der Waals surface area (Å²) in [4.78, 5) is 0. The summed E-state index contributed by atoms with van der Waals surface area (Å²) in [5.74, 6) is 0.382. The number of nitrogens with one attached hydrogen (secondary N) is 1. The Morgan fingerprint density at radius 3 is 2.72 bits per heavy atom. The van der Waals surface area contributed by atoms with Gasteiger partial charge in [-0.1, -0.05) is 11.6 Å². The SMILES string of the molecule is COCC(O)CNCc1cc(Cl)cc(OC)c1O. The number of halogens is 1. The Morgan fingerprint density at radius 1 is 1.39 bits per heavy atom. The first kappa shape index (κ1) is 15.0. The smallest absolute Gasteiger partial charge is 0.162 e. The van der Waals surface area contributed by atoms with Gasteiger partial charge in [-0.2, -0.15) is 0 Å². The zero-order valence-corrected chi connectivity index (χ0v) is 11.2. The highest BCUT2D eigenvalue weighted by Gasteiger charge is 2.10. The maximum Gasteiger partial charge on any atom is 0.162 e. The summed E-state index contributed by atoms with van der Waals surface area (Å²) in [6.45, 7) is 1.00. The third kappa shape index (κ3) is 4.34. The van der Waals surface area contributed by atoms with Crippen LogP contribution in [-0.2, 0) is 11.3 Å². The van der Waals surface area contributed by atoms with Gasteiger partial charge >= 0.3 is 0 Å². The summed E-state index contributed by atoms with van der Waals surface area (Å²) in [7, 11) is 2.99. The third-order valence-corrected chi connectivity index (χ3v) is 2.61. The summed E-state index contributed by atoms with van der Waals surface area (Å²) in [5.41, 5.74) is 0.615. The second-order valence-corrected chi connectivity index (χ2v) is 4.29. The number of aliphatic hydroxyl groups excluding tert-OH is 1. The van der Waals surface area contributed by atoms with Crippen molar-refractivity contribution in [2.45, 2.75) is 12.6 Å². The average molecular weight is 276 g/mol. The number of benzene rings is 1. The molecule has 1 aromatic carbocycles. The van der Waals surface area contributed by atoms with Gasteiger partial charge in [-0.15, -0.1) is 0 Å². The Kier molecular flexibility index (Phi) is 6.21. The molecule has 1 atom stereocenters. The highest BCUT2D eigenvalue weighted by molar-refractivity contribution is 6.30. The predicted octanol–water partition coefficient (Wildman–Crippen LogP) is 1.15. The van der Waals surface area contributed by atoms with Crippen molar-refractivity contribution in [3.63, 3.8) is 0 Å². The van der Waals surface area contributed by atoms with E-state index in [1.54, 1.807) is 12.1 Å². The number of aromatic hydroxyl groups is 1. The van der Waals surface area contributed by atoms with Crippen LogP contribution in [0.5, 0.6) is 11.5 Å². The molecule has 1 rings (SSSR count). The first-order chi connectivity index (χ1) is 8.58. The lowest BCUT2D eigenvalue weighted by atomic mass is 10.2. The van der Waals surface area contributed by atoms with E-state index in [1.807, 2.05) is 0 Å². The van der Waals surface area contributed by atoms with E-state index in [9.17, 15) is 10.2 Å². The molecule has 0 fully saturated rings. The van der Waals surface area contributed by atoms with Gasteiger partial charge < -0.3 is 25.0 Å². The van der Waals surface area contributed by atoms with E-state index in [1.165, 1.54) is 14.2 Å². The van der Waals surface area contributed by atoms with Crippen LogP contribution in [0.2, 0.25) is 5.02 Å². The van der Waals surface area contributed by atoms with Gasteiger partial charge in [-0.05, 0) is 6.07 Å². The van der Waals surface area contributed by atoms with Gasteiger partial charge in [-0.25, -0.2) is 0 Å². The number of rotatable bonds is 7. The van der Waals surface area contributed by atoms with Gasteiger partial charge in [0.2, 0.25) is 0 Å². The Morgan fingerprint density at radius 2 is 2.11 bits per heavy atom. The van der Waals surface area contributed by atoms with E-state index < -0.39 is 6.10 Å². The van der Waals surface area contributed by atoms with E-state index in [0.717, 1.165) is 0 Å². The minimum atomic E-state index is -0.585. The maximum absolute atomic E-state index is 9.87. The molecule has 3 N–H and O–H groups in total. The molecule has 6 heteroatoms. The van der Waals surface area contributed by atoms with Crippen LogP contribution < -0.4 is 10.1 Å². The fraction of sp³-hybridized carbons (Fsp3) is 0.500. The van der Waals surface area contributed by atoms with Gasteiger partial charge in [-0.3, -0.25) is 0 Å². The number of hydrogen-bond acceptors (Lipinski definition) is 5.